The average molecular weight is 380 g/mol. The van der Waals surface area contributed by atoms with Gasteiger partial charge in [-0.3, -0.25) is 4.79 Å². The molecule has 1 aromatic heterocycles. The molecule has 1 atom stereocenters. The van der Waals surface area contributed by atoms with Gasteiger partial charge in [0.05, 0.1) is 18.3 Å². The average Bonchev–Trinajstić information content (AvgIpc) is 2.94. The summed E-state index contributed by atoms with van der Waals surface area (Å²) in [6.07, 6.45) is 3.22. The SMILES string of the molecule is Cc1nn(Cc2ccccc2)c(Cl)c1/C=C/C(=O)N[C@@H](C)c1ccccc1. The van der Waals surface area contributed by atoms with Gasteiger partial charge in [-0.2, -0.15) is 5.10 Å². The quantitative estimate of drug-likeness (QED) is 0.626. The standard InChI is InChI=1S/C22H22ClN3O/c1-16(19-11-7-4-8-12-19)24-21(27)14-13-20-17(2)25-26(22(20)23)15-18-9-5-3-6-10-18/h3-14,16H,15H2,1-2H3,(H,24,27)/b14-13+/t16-/m0/s1. The molecule has 0 aliphatic rings. The molecule has 0 aliphatic carbocycles. The van der Waals surface area contributed by atoms with E-state index >= 15 is 0 Å². The van der Waals surface area contributed by atoms with Gasteiger partial charge in [0.2, 0.25) is 5.91 Å². The lowest BCUT2D eigenvalue weighted by Gasteiger charge is -2.12. The summed E-state index contributed by atoms with van der Waals surface area (Å²) in [6.45, 7) is 4.43. The van der Waals surface area contributed by atoms with Gasteiger partial charge in [-0.25, -0.2) is 4.68 Å². The third kappa shape index (κ3) is 4.86. The van der Waals surface area contributed by atoms with Gasteiger partial charge >= 0.3 is 0 Å². The maximum atomic E-state index is 12.3. The number of amides is 1. The van der Waals surface area contributed by atoms with Gasteiger partial charge in [0.1, 0.15) is 5.15 Å². The number of carbonyl (C=O) groups is 1. The van der Waals surface area contributed by atoms with E-state index < -0.39 is 0 Å². The lowest BCUT2D eigenvalue weighted by molar-refractivity contribution is -0.117. The highest BCUT2D eigenvalue weighted by Gasteiger charge is 2.12. The summed E-state index contributed by atoms with van der Waals surface area (Å²) in [5, 5.41) is 7.97. The summed E-state index contributed by atoms with van der Waals surface area (Å²) in [6, 6.07) is 19.8. The van der Waals surface area contributed by atoms with Gasteiger partial charge in [-0.05, 0) is 31.1 Å². The molecule has 0 fully saturated rings. The monoisotopic (exact) mass is 379 g/mol. The van der Waals surface area contributed by atoms with Crippen LogP contribution >= 0.6 is 11.6 Å². The Hall–Kier alpha value is -2.85. The summed E-state index contributed by atoms with van der Waals surface area (Å²) < 4.78 is 1.75. The Morgan fingerprint density at radius 3 is 2.44 bits per heavy atom. The third-order valence-corrected chi connectivity index (χ3v) is 4.74. The minimum absolute atomic E-state index is 0.0688. The van der Waals surface area contributed by atoms with Crippen LogP contribution in [0.25, 0.3) is 6.08 Å². The van der Waals surface area contributed by atoms with Gasteiger partial charge in [0.25, 0.3) is 0 Å². The lowest BCUT2D eigenvalue weighted by atomic mass is 10.1. The largest absolute Gasteiger partial charge is 0.346 e. The van der Waals surface area contributed by atoms with Crippen LogP contribution in [0.2, 0.25) is 5.15 Å². The molecule has 4 nitrogen and oxygen atoms in total. The zero-order valence-electron chi connectivity index (χ0n) is 15.4. The van der Waals surface area contributed by atoms with Crippen LogP contribution in [0.15, 0.2) is 66.7 Å². The van der Waals surface area contributed by atoms with E-state index in [2.05, 4.69) is 10.4 Å². The molecule has 138 valence electrons. The first-order chi connectivity index (χ1) is 13.0. The van der Waals surface area contributed by atoms with Crippen LogP contribution in [0, 0.1) is 6.92 Å². The minimum atomic E-state index is -0.169. The Balaban J connectivity index is 1.69. The van der Waals surface area contributed by atoms with Gasteiger partial charge in [0.15, 0.2) is 0 Å². The molecule has 1 N–H and O–H groups in total. The van der Waals surface area contributed by atoms with E-state index in [-0.39, 0.29) is 11.9 Å². The molecule has 0 saturated carbocycles. The molecule has 0 aliphatic heterocycles. The second kappa shape index (κ2) is 8.69. The van der Waals surface area contributed by atoms with E-state index in [4.69, 9.17) is 11.6 Å². The number of aromatic nitrogens is 2. The maximum absolute atomic E-state index is 12.3. The third-order valence-electron chi connectivity index (χ3n) is 4.34. The zero-order valence-corrected chi connectivity index (χ0v) is 16.1. The van der Waals surface area contributed by atoms with E-state index in [0.717, 1.165) is 22.4 Å². The summed E-state index contributed by atoms with van der Waals surface area (Å²) in [4.78, 5) is 12.3. The highest BCUT2D eigenvalue weighted by atomic mass is 35.5. The summed E-state index contributed by atoms with van der Waals surface area (Å²) in [5.74, 6) is -0.169. The van der Waals surface area contributed by atoms with Crippen LogP contribution in [0.3, 0.4) is 0 Å². The predicted octanol–water partition coefficient (Wildman–Crippen LogP) is 4.78. The molecule has 3 aromatic rings. The fraction of sp³-hybridized carbons (Fsp3) is 0.182. The van der Waals surface area contributed by atoms with Crippen molar-refractivity contribution in [3.8, 4) is 0 Å². The molecule has 0 bridgehead atoms. The Bertz CT molecular complexity index is 933. The number of carbonyl (C=O) groups excluding carboxylic acids is 1. The van der Waals surface area contributed by atoms with Gasteiger partial charge < -0.3 is 5.32 Å². The molecule has 27 heavy (non-hydrogen) atoms. The van der Waals surface area contributed by atoms with Crippen molar-refractivity contribution in [1.82, 2.24) is 15.1 Å². The van der Waals surface area contributed by atoms with E-state index in [1.165, 1.54) is 6.08 Å². The molecule has 2 aromatic carbocycles. The first-order valence-corrected chi connectivity index (χ1v) is 9.22. The molecule has 1 heterocycles. The second-order valence-electron chi connectivity index (χ2n) is 6.41. The molecule has 0 unspecified atom stereocenters. The smallest absolute Gasteiger partial charge is 0.244 e. The van der Waals surface area contributed by atoms with E-state index in [1.54, 1.807) is 10.8 Å². The topological polar surface area (TPSA) is 46.9 Å². The van der Waals surface area contributed by atoms with Crippen molar-refractivity contribution >= 4 is 23.6 Å². The minimum Gasteiger partial charge on any atom is -0.346 e. The summed E-state index contributed by atoms with van der Waals surface area (Å²) >= 11 is 6.48. The Labute approximate surface area is 164 Å². The first-order valence-electron chi connectivity index (χ1n) is 8.85. The van der Waals surface area contributed by atoms with Gasteiger partial charge in [-0.15, -0.1) is 0 Å². The van der Waals surface area contributed by atoms with Crippen LogP contribution in [0.4, 0.5) is 0 Å². The van der Waals surface area contributed by atoms with Crippen molar-refractivity contribution in [3.63, 3.8) is 0 Å². The number of nitrogens with zero attached hydrogens (tertiary/aromatic N) is 2. The predicted molar refractivity (Wildman–Crippen MR) is 110 cm³/mol. The molecular formula is C22H22ClN3O. The highest BCUT2D eigenvalue weighted by Crippen LogP contribution is 2.22. The number of nitrogens with one attached hydrogen (secondary N) is 1. The molecule has 0 radical (unpaired) electrons. The Morgan fingerprint density at radius 1 is 1.15 bits per heavy atom. The van der Waals surface area contributed by atoms with Crippen LogP contribution in [0.1, 0.15) is 35.3 Å². The van der Waals surface area contributed by atoms with Crippen molar-refractivity contribution in [2.45, 2.75) is 26.4 Å². The lowest BCUT2D eigenvalue weighted by Crippen LogP contribution is -2.24. The zero-order chi connectivity index (χ0) is 19.2. The molecule has 5 heteroatoms. The number of halogens is 1. The number of benzene rings is 2. The molecule has 0 spiro atoms. The van der Waals surface area contributed by atoms with Crippen LogP contribution in [-0.2, 0) is 11.3 Å². The van der Waals surface area contributed by atoms with Crippen molar-refractivity contribution in [3.05, 3.63) is 94.3 Å². The fourth-order valence-corrected chi connectivity index (χ4v) is 3.16. The van der Waals surface area contributed by atoms with E-state index in [9.17, 15) is 4.79 Å². The Kier molecular flexibility index (Phi) is 6.09. The summed E-state index contributed by atoms with van der Waals surface area (Å²) in [5.41, 5.74) is 3.72. The van der Waals surface area contributed by atoms with Gasteiger partial charge in [0, 0.05) is 11.6 Å². The molecule has 0 saturated heterocycles. The molecular weight excluding hydrogens is 358 g/mol. The van der Waals surface area contributed by atoms with E-state index in [1.807, 2.05) is 74.5 Å². The van der Waals surface area contributed by atoms with Gasteiger partial charge in [-0.1, -0.05) is 72.3 Å². The van der Waals surface area contributed by atoms with E-state index in [0.29, 0.717) is 11.7 Å². The van der Waals surface area contributed by atoms with Crippen LogP contribution in [-0.4, -0.2) is 15.7 Å². The summed E-state index contributed by atoms with van der Waals surface area (Å²) in [7, 11) is 0. The van der Waals surface area contributed by atoms with Crippen molar-refractivity contribution < 1.29 is 4.79 Å². The normalized spacial score (nSPS) is 12.3. The highest BCUT2D eigenvalue weighted by molar-refractivity contribution is 6.31. The van der Waals surface area contributed by atoms with Crippen molar-refractivity contribution in [1.29, 1.82) is 0 Å². The van der Waals surface area contributed by atoms with Crippen molar-refractivity contribution in [2.24, 2.45) is 0 Å². The van der Waals surface area contributed by atoms with Crippen molar-refractivity contribution in [2.75, 3.05) is 0 Å². The van der Waals surface area contributed by atoms with Crippen LogP contribution < -0.4 is 5.32 Å². The maximum Gasteiger partial charge on any atom is 0.244 e. The molecule has 3 rings (SSSR count). The number of hydrogen-bond acceptors (Lipinski definition) is 2. The number of aryl methyl sites for hydroxylation is 1. The Morgan fingerprint density at radius 2 is 1.78 bits per heavy atom. The number of rotatable bonds is 6. The fourth-order valence-electron chi connectivity index (χ4n) is 2.86. The molecule has 1 amide bonds. The second-order valence-corrected chi connectivity index (χ2v) is 6.77. The number of hydrogen-bond donors (Lipinski definition) is 1. The van der Waals surface area contributed by atoms with Crippen LogP contribution in [0.5, 0.6) is 0 Å². The first kappa shape index (κ1) is 18.9.